The summed E-state index contributed by atoms with van der Waals surface area (Å²) >= 11 is 0. The van der Waals surface area contributed by atoms with Crippen LogP contribution in [0.1, 0.15) is 25.3 Å². The Labute approximate surface area is 108 Å². The molecule has 0 amide bonds. The molecule has 0 bridgehead atoms. The molecule has 0 radical (unpaired) electrons. The molecule has 0 saturated heterocycles. The average Bonchev–Trinajstić information content (AvgIpc) is 2.68. The van der Waals surface area contributed by atoms with Gasteiger partial charge in [0.05, 0.1) is 12.1 Å². The van der Waals surface area contributed by atoms with Crippen molar-refractivity contribution in [3.63, 3.8) is 0 Å². The van der Waals surface area contributed by atoms with Gasteiger partial charge in [0.15, 0.2) is 6.10 Å². The minimum Gasteiger partial charge on any atom is -0.382 e. The summed E-state index contributed by atoms with van der Waals surface area (Å²) in [5, 5.41) is 13.8. The number of fused-ring (bicyclic) bond motifs is 1. The summed E-state index contributed by atoms with van der Waals surface area (Å²) in [4.78, 5) is 0. The van der Waals surface area contributed by atoms with E-state index in [1.807, 2.05) is 26.0 Å². The topological polar surface area (TPSA) is 38.0 Å². The molecular weight excluding hydrogens is 257 g/mol. The molecule has 6 heteroatoms. The standard InChI is InChI=1S/C13H15F3N2O/c1-8(2)9-3-4-11-10(5-9)6-18(17-11)7-12(19)13(14,15)16/h3-6,8,12,19H,7H2,1-2H3/t12-/m1/s1. The molecule has 0 fully saturated rings. The number of nitrogens with zero attached hydrogens (tertiary/aromatic N) is 2. The Morgan fingerprint density at radius 2 is 2.00 bits per heavy atom. The highest BCUT2D eigenvalue weighted by molar-refractivity contribution is 5.78. The molecule has 0 spiro atoms. The summed E-state index contributed by atoms with van der Waals surface area (Å²) in [5.41, 5.74) is 1.72. The van der Waals surface area contributed by atoms with Gasteiger partial charge in [0.1, 0.15) is 0 Å². The molecule has 3 nitrogen and oxygen atoms in total. The number of hydrogen-bond acceptors (Lipinski definition) is 2. The van der Waals surface area contributed by atoms with Crippen LogP contribution < -0.4 is 0 Å². The molecular formula is C13H15F3N2O. The molecule has 1 aromatic heterocycles. The highest BCUT2D eigenvalue weighted by atomic mass is 19.4. The smallest absolute Gasteiger partial charge is 0.382 e. The second-order valence-corrected chi connectivity index (χ2v) is 4.88. The lowest BCUT2D eigenvalue weighted by atomic mass is 10.0. The summed E-state index contributed by atoms with van der Waals surface area (Å²) in [6, 6.07) is 5.59. The van der Waals surface area contributed by atoms with Crippen LogP contribution in [0.2, 0.25) is 0 Å². The van der Waals surface area contributed by atoms with Gasteiger partial charge in [-0.2, -0.15) is 18.3 Å². The van der Waals surface area contributed by atoms with Crippen LogP contribution in [0.4, 0.5) is 13.2 Å². The van der Waals surface area contributed by atoms with E-state index in [4.69, 9.17) is 5.11 Å². The first-order valence-electron chi connectivity index (χ1n) is 5.99. The fourth-order valence-electron chi connectivity index (χ4n) is 1.83. The van der Waals surface area contributed by atoms with Crippen molar-refractivity contribution in [3.05, 3.63) is 30.0 Å². The summed E-state index contributed by atoms with van der Waals surface area (Å²) in [6.07, 6.45) is -5.50. The zero-order valence-electron chi connectivity index (χ0n) is 10.6. The van der Waals surface area contributed by atoms with Gasteiger partial charge in [0, 0.05) is 11.6 Å². The van der Waals surface area contributed by atoms with Crippen LogP contribution in [-0.4, -0.2) is 27.2 Å². The number of aliphatic hydroxyl groups excluding tert-OH is 1. The van der Waals surface area contributed by atoms with E-state index >= 15 is 0 Å². The number of rotatable bonds is 3. The van der Waals surface area contributed by atoms with Crippen LogP contribution in [0.3, 0.4) is 0 Å². The van der Waals surface area contributed by atoms with Crippen molar-refractivity contribution in [2.75, 3.05) is 0 Å². The number of hydrogen-bond donors (Lipinski definition) is 1. The van der Waals surface area contributed by atoms with E-state index in [-0.39, 0.29) is 0 Å². The van der Waals surface area contributed by atoms with Crippen molar-refractivity contribution >= 4 is 10.9 Å². The van der Waals surface area contributed by atoms with Gasteiger partial charge in [-0.05, 0) is 23.6 Å². The number of halogens is 3. The van der Waals surface area contributed by atoms with E-state index in [1.165, 1.54) is 6.20 Å². The van der Waals surface area contributed by atoms with Crippen LogP contribution in [-0.2, 0) is 6.54 Å². The maximum atomic E-state index is 12.3. The summed E-state index contributed by atoms with van der Waals surface area (Å²) < 4.78 is 37.9. The molecule has 0 unspecified atom stereocenters. The van der Waals surface area contributed by atoms with E-state index < -0.39 is 18.8 Å². The normalized spacial score (nSPS) is 14.3. The second kappa shape index (κ2) is 4.85. The van der Waals surface area contributed by atoms with Gasteiger partial charge in [-0.25, -0.2) is 0 Å². The molecule has 1 N–H and O–H groups in total. The highest BCUT2D eigenvalue weighted by Gasteiger charge is 2.38. The first kappa shape index (κ1) is 13.9. The van der Waals surface area contributed by atoms with E-state index in [1.54, 1.807) is 6.07 Å². The molecule has 104 valence electrons. The molecule has 0 aliphatic rings. The zero-order chi connectivity index (χ0) is 14.2. The van der Waals surface area contributed by atoms with Crippen LogP contribution in [0.25, 0.3) is 10.9 Å². The Bertz CT molecular complexity index is 575. The number of alkyl halides is 3. The van der Waals surface area contributed by atoms with Crippen molar-refractivity contribution in [2.24, 2.45) is 0 Å². The molecule has 2 aromatic rings. The fraction of sp³-hybridized carbons (Fsp3) is 0.462. The van der Waals surface area contributed by atoms with Crippen LogP contribution in [0, 0.1) is 0 Å². The minimum atomic E-state index is -4.62. The summed E-state index contributed by atoms with van der Waals surface area (Å²) in [7, 11) is 0. The molecule has 1 aromatic carbocycles. The monoisotopic (exact) mass is 272 g/mol. The largest absolute Gasteiger partial charge is 0.416 e. The average molecular weight is 272 g/mol. The predicted molar refractivity (Wildman–Crippen MR) is 65.9 cm³/mol. The van der Waals surface area contributed by atoms with E-state index in [9.17, 15) is 13.2 Å². The zero-order valence-corrected chi connectivity index (χ0v) is 10.6. The highest BCUT2D eigenvalue weighted by Crippen LogP contribution is 2.23. The lowest BCUT2D eigenvalue weighted by molar-refractivity contribution is -0.207. The van der Waals surface area contributed by atoms with Gasteiger partial charge in [-0.15, -0.1) is 0 Å². The van der Waals surface area contributed by atoms with E-state index in [0.29, 0.717) is 11.4 Å². The Morgan fingerprint density at radius 3 is 2.58 bits per heavy atom. The number of aromatic nitrogens is 2. The lowest BCUT2D eigenvalue weighted by Gasteiger charge is -2.13. The first-order valence-corrected chi connectivity index (χ1v) is 5.99. The second-order valence-electron chi connectivity index (χ2n) is 4.88. The van der Waals surface area contributed by atoms with Gasteiger partial charge < -0.3 is 5.11 Å². The molecule has 1 heterocycles. The molecule has 19 heavy (non-hydrogen) atoms. The van der Waals surface area contributed by atoms with Gasteiger partial charge in [-0.1, -0.05) is 19.9 Å². The van der Waals surface area contributed by atoms with E-state index in [2.05, 4.69) is 5.10 Å². The number of aliphatic hydroxyl groups is 1. The Kier molecular flexibility index (Phi) is 3.54. The SMILES string of the molecule is CC(C)c1ccc2nn(C[C@@H](O)C(F)(F)F)cc2c1. The van der Waals surface area contributed by atoms with Gasteiger partial charge in [-0.3, -0.25) is 4.68 Å². The summed E-state index contributed by atoms with van der Waals surface area (Å²) in [5.74, 6) is 0.341. The van der Waals surface area contributed by atoms with Crippen molar-refractivity contribution in [2.45, 2.75) is 38.6 Å². The fourth-order valence-corrected chi connectivity index (χ4v) is 1.83. The third-order valence-corrected chi connectivity index (χ3v) is 2.98. The maximum absolute atomic E-state index is 12.3. The quantitative estimate of drug-likeness (QED) is 0.932. The van der Waals surface area contributed by atoms with Gasteiger partial charge in [0.25, 0.3) is 0 Å². The molecule has 0 aliphatic carbocycles. The third-order valence-electron chi connectivity index (χ3n) is 2.98. The van der Waals surface area contributed by atoms with Gasteiger partial charge in [0.2, 0.25) is 0 Å². The molecule has 0 aliphatic heterocycles. The predicted octanol–water partition coefficient (Wildman–Crippen LogP) is 3.08. The van der Waals surface area contributed by atoms with Crippen molar-refractivity contribution in [1.82, 2.24) is 9.78 Å². The first-order chi connectivity index (χ1) is 8.77. The Balaban J connectivity index is 2.27. The molecule has 2 rings (SSSR count). The molecule has 1 atom stereocenters. The van der Waals surface area contributed by atoms with Crippen LogP contribution >= 0.6 is 0 Å². The minimum absolute atomic E-state index is 0.341. The number of benzene rings is 1. The van der Waals surface area contributed by atoms with E-state index in [0.717, 1.165) is 15.6 Å². The van der Waals surface area contributed by atoms with Crippen molar-refractivity contribution < 1.29 is 18.3 Å². The Morgan fingerprint density at radius 1 is 1.32 bits per heavy atom. The van der Waals surface area contributed by atoms with Gasteiger partial charge >= 0.3 is 6.18 Å². The Hall–Kier alpha value is -1.56. The van der Waals surface area contributed by atoms with Crippen molar-refractivity contribution in [3.8, 4) is 0 Å². The maximum Gasteiger partial charge on any atom is 0.416 e. The van der Waals surface area contributed by atoms with Crippen LogP contribution in [0.15, 0.2) is 24.4 Å². The molecule has 0 saturated carbocycles. The summed E-state index contributed by atoms with van der Waals surface area (Å²) in [6.45, 7) is 3.49. The third kappa shape index (κ3) is 3.07. The van der Waals surface area contributed by atoms with Crippen molar-refractivity contribution in [1.29, 1.82) is 0 Å². The lowest BCUT2D eigenvalue weighted by Crippen LogP contribution is -2.32. The van der Waals surface area contributed by atoms with Crippen LogP contribution in [0.5, 0.6) is 0 Å².